The molecule has 0 radical (unpaired) electrons. The largest absolute Gasteiger partial charge is 0.457 e. The maximum absolute atomic E-state index is 12.8. The molecule has 0 amide bonds. The first-order valence-electron chi connectivity index (χ1n) is 6.53. The van der Waals surface area contributed by atoms with E-state index in [1.165, 1.54) is 0 Å². The molecule has 1 aromatic rings. The molecule has 1 aromatic carbocycles. The van der Waals surface area contributed by atoms with Crippen LogP contribution in [0.5, 0.6) is 0 Å². The fraction of sp³-hybridized carbons (Fsp3) is 0.533. The summed E-state index contributed by atoms with van der Waals surface area (Å²) in [6.07, 6.45) is -4.87. The third-order valence-electron chi connectivity index (χ3n) is 2.91. The number of hydrogen-bond acceptors (Lipinski definition) is 2. The molecule has 0 N–H and O–H groups in total. The van der Waals surface area contributed by atoms with Crippen molar-refractivity contribution >= 4 is 5.97 Å². The Balaban J connectivity index is 3.20. The van der Waals surface area contributed by atoms with Crippen LogP contribution in [0.25, 0.3) is 0 Å². The Hall–Kier alpha value is -1.52. The molecule has 1 unspecified atom stereocenters. The molecule has 0 aliphatic carbocycles. The molecule has 112 valence electrons. The number of benzene rings is 1. The van der Waals surface area contributed by atoms with Crippen LogP contribution in [0.2, 0.25) is 0 Å². The van der Waals surface area contributed by atoms with Crippen molar-refractivity contribution in [1.82, 2.24) is 0 Å². The Morgan fingerprint density at radius 1 is 1.25 bits per heavy atom. The topological polar surface area (TPSA) is 26.3 Å². The maximum Gasteiger partial charge on any atom is 0.416 e. The molecule has 0 aliphatic heterocycles. The second kappa shape index (κ2) is 6.29. The molecule has 0 aromatic heterocycles. The lowest BCUT2D eigenvalue weighted by atomic mass is 9.95. The van der Waals surface area contributed by atoms with E-state index >= 15 is 0 Å². The number of halogens is 3. The third kappa shape index (κ3) is 4.25. The standard InChI is InChI=1S/C15H19F3O2/c1-5-13(19)20-14(9(2)3)11-6-10(4)7-12(8-11)15(16,17)18/h6-9,14H,5H2,1-4H3. The molecular formula is C15H19F3O2. The van der Waals surface area contributed by atoms with Gasteiger partial charge in [-0.05, 0) is 30.5 Å². The minimum atomic E-state index is -4.41. The number of carbonyl (C=O) groups excluding carboxylic acids is 1. The van der Waals surface area contributed by atoms with E-state index in [1.54, 1.807) is 19.9 Å². The summed E-state index contributed by atoms with van der Waals surface area (Å²) in [5, 5.41) is 0. The van der Waals surface area contributed by atoms with Gasteiger partial charge in [-0.3, -0.25) is 4.79 Å². The van der Waals surface area contributed by atoms with E-state index in [0.29, 0.717) is 11.1 Å². The number of carbonyl (C=O) groups is 1. The van der Waals surface area contributed by atoms with Crippen molar-refractivity contribution in [3.63, 3.8) is 0 Å². The van der Waals surface area contributed by atoms with Crippen LogP contribution in [-0.4, -0.2) is 5.97 Å². The van der Waals surface area contributed by atoms with Gasteiger partial charge in [0, 0.05) is 6.42 Å². The van der Waals surface area contributed by atoms with Gasteiger partial charge in [0.05, 0.1) is 5.56 Å². The van der Waals surface area contributed by atoms with E-state index in [4.69, 9.17) is 4.74 Å². The van der Waals surface area contributed by atoms with Crippen LogP contribution in [0.15, 0.2) is 18.2 Å². The summed E-state index contributed by atoms with van der Waals surface area (Å²) in [4.78, 5) is 11.4. The summed E-state index contributed by atoms with van der Waals surface area (Å²) in [7, 11) is 0. The molecule has 0 saturated heterocycles. The van der Waals surface area contributed by atoms with Gasteiger partial charge in [0.25, 0.3) is 0 Å². The van der Waals surface area contributed by atoms with Crippen LogP contribution >= 0.6 is 0 Å². The second-order valence-corrected chi connectivity index (χ2v) is 5.14. The first kappa shape index (κ1) is 16.5. The van der Waals surface area contributed by atoms with Gasteiger partial charge in [0.2, 0.25) is 0 Å². The summed E-state index contributed by atoms with van der Waals surface area (Å²) in [6.45, 7) is 6.86. The lowest BCUT2D eigenvalue weighted by Gasteiger charge is -2.23. The van der Waals surface area contributed by atoms with Gasteiger partial charge in [0.15, 0.2) is 0 Å². The Kier molecular flexibility index (Phi) is 5.20. The van der Waals surface area contributed by atoms with Gasteiger partial charge in [-0.2, -0.15) is 13.2 Å². The highest BCUT2D eigenvalue weighted by Gasteiger charge is 2.32. The zero-order valence-electron chi connectivity index (χ0n) is 12.0. The van der Waals surface area contributed by atoms with E-state index in [0.717, 1.165) is 12.1 Å². The van der Waals surface area contributed by atoms with E-state index < -0.39 is 23.8 Å². The monoisotopic (exact) mass is 288 g/mol. The first-order valence-corrected chi connectivity index (χ1v) is 6.53. The van der Waals surface area contributed by atoms with Gasteiger partial charge < -0.3 is 4.74 Å². The average molecular weight is 288 g/mol. The number of aryl methyl sites for hydroxylation is 1. The zero-order valence-corrected chi connectivity index (χ0v) is 12.0. The third-order valence-corrected chi connectivity index (χ3v) is 2.91. The van der Waals surface area contributed by atoms with E-state index in [2.05, 4.69) is 0 Å². The number of esters is 1. The highest BCUT2D eigenvalue weighted by Crippen LogP contribution is 2.34. The SMILES string of the molecule is CCC(=O)OC(c1cc(C)cc(C(F)(F)F)c1)C(C)C. The number of ether oxygens (including phenoxy) is 1. The molecule has 1 rings (SSSR count). The van der Waals surface area contributed by atoms with Crippen LogP contribution in [-0.2, 0) is 15.7 Å². The molecule has 0 heterocycles. The molecule has 5 heteroatoms. The fourth-order valence-corrected chi connectivity index (χ4v) is 1.95. The summed E-state index contributed by atoms with van der Waals surface area (Å²) < 4.78 is 43.8. The summed E-state index contributed by atoms with van der Waals surface area (Å²) in [5.74, 6) is -0.521. The van der Waals surface area contributed by atoms with Crippen molar-refractivity contribution in [2.75, 3.05) is 0 Å². The van der Waals surface area contributed by atoms with Crippen molar-refractivity contribution in [3.8, 4) is 0 Å². The number of rotatable bonds is 4. The van der Waals surface area contributed by atoms with Gasteiger partial charge in [-0.1, -0.05) is 32.4 Å². The van der Waals surface area contributed by atoms with E-state index in [-0.39, 0.29) is 12.3 Å². The lowest BCUT2D eigenvalue weighted by Crippen LogP contribution is -2.17. The van der Waals surface area contributed by atoms with Crippen molar-refractivity contribution in [2.45, 2.75) is 46.4 Å². The second-order valence-electron chi connectivity index (χ2n) is 5.14. The lowest BCUT2D eigenvalue weighted by molar-refractivity contribution is -0.151. The molecule has 1 atom stereocenters. The minimum absolute atomic E-state index is 0.103. The van der Waals surface area contributed by atoms with Gasteiger partial charge in [0.1, 0.15) is 6.10 Å². The first-order chi connectivity index (χ1) is 9.15. The van der Waals surface area contributed by atoms with Crippen LogP contribution in [0.3, 0.4) is 0 Å². The molecular weight excluding hydrogens is 269 g/mol. The summed E-state index contributed by atoms with van der Waals surface area (Å²) in [5.41, 5.74) is 0.160. The Morgan fingerprint density at radius 2 is 1.85 bits per heavy atom. The van der Waals surface area contributed by atoms with Gasteiger partial charge in [-0.25, -0.2) is 0 Å². The molecule has 0 fully saturated rings. The smallest absolute Gasteiger partial charge is 0.416 e. The van der Waals surface area contributed by atoms with E-state index in [1.807, 2.05) is 13.8 Å². The molecule has 0 spiro atoms. The highest BCUT2D eigenvalue weighted by atomic mass is 19.4. The normalized spacial score (nSPS) is 13.4. The van der Waals surface area contributed by atoms with Crippen LogP contribution in [0.1, 0.15) is 50.0 Å². The summed E-state index contributed by atoms with van der Waals surface area (Å²) >= 11 is 0. The molecule has 20 heavy (non-hydrogen) atoms. The predicted molar refractivity (Wildman–Crippen MR) is 70.1 cm³/mol. The molecule has 0 saturated carbocycles. The fourth-order valence-electron chi connectivity index (χ4n) is 1.95. The predicted octanol–water partition coefficient (Wildman–Crippen LogP) is 4.66. The Labute approximate surface area is 116 Å². The van der Waals surface area contributed by atoms with Crippen molar-refractivity contribution < 1.29 is 22.7 Å². The summed E-state index contributed by atoms with van der Waals surface area (Å²) in [6, 6.07) is 3.77. The average Bonchev–Trinajstić information content (AvgIpc) is 2.33. The van der Waals surface area contributed by atoms with Crippen molar-refractivity contribution in [2.24, 2.45) is 5.92 Å². The quantitative estimate of drug-likeness (QED) is 0.753. The Morgan fingerprint density at radius 3 is 2.30 bits per heavy atom. The van der Waals surface area contributed by atoms with E-state index in [9.17, 15) is 18.0 Å². The Bertz CT molecular complexity index is 478. The van der Waals surface area contributed by atoms with Crippen LogP contribution in [0, 0.1) is 12.8 Å². The van der Waals surface area contributed by atoms with Gasteiger partial charge in [-0.15, -0.1) is 0 Å². The van der Waals surface area contributed by atoms with Crippen LogP contribution in [0.4, 0.5) is 13.2 Å². The number of alkyl halides is 3. The highest BCUT2D eigenvalue weighted by molar-refractivity contribution is 5.69. The zero-order chi connectivity index (χ0) is 15.5. The molecule has 2 nitrogen and oxygen atoms in total. The van der Waals surface area contributed by atoms with Gasteiger partial charge >= 0.3 is 12.1 Å². The molecule has 0 aliphatic rings. The van der Waals surface area contributed by atoms with Crippen LogP contribution < -0.4 is 0 Å². The maximum atomic E-state index is 12.8. The minimum Gasteiger partial charge on any atom is -0.457 e. The number of hydrogen-bond donors (Lipinski definition) is 0. The van der Waals surface area contributed by atoms with Crippen molar-refractivity contribution in [3.05, 3.63) is 34.9 Å². The van der Waals surface area contributed by atoms with Crippen molar-refractivity contribution in [1.29, 1.82) is 0 Å². The molecule has 0 bridgehead atoms.